The zero-order chi connectivity index (χ0) is 14.4. The van der Waals surface area contributed by atoms with Crippen LogP contribution in [-0.2, 0) is 6.42 Å². The van der Waals surface area contributed by atoms with E-state index in [4.69, 9.17) is 5.26 Å². The smallest absolute Gasteiger partial charge is 0.292 e. The van der Waals surface area contributed by atoms with Crippen LogP contribution in [0.3, 0.4) is 0 Å². The molecule has 0 radical (unpaired) electrons. The molecule has 7 nitrogen and oxygen atoms in total. The highest BCUT2D eigenvalue weighted by Crippen LogP contribution is 2.25. The van der Waals surface area contributed by atoms with Gasteiger partial charge in [-0.1, -0.05) is 0 Å². The SMILES string of the molecule is N#Cc1ccc([N+](=O)[O-])c(NCCCc2ncc[nH]2)c1. The van der Waals surface area contributed by atoms with Crippen molar-refractivity contribution < 1.29 is 4.92 Å². The van der Waals surface area contributed by atoms with E-state index in [1.807, 2.05) is 6.07 Å². The number of nitriles is 1. The van der Waals surface area contributed by atoms with E-state index >= 15 is 0 Å². The van der Waals surface area contributed by atoms with Gasteiger partial charge in [-0.3, -0.25) is 10.1 Å². The van der Waals surface area contributed by atoms with E-state index < -0.39 is 4.92 Å². The number of hydrogen-bond donors (Lipinski definition) is 2. The lowest BCUT2D eigenvalue weighted by Crippen LogP contribution is -2.06. The number of anilines is 1. The Bertz CT molecular complexity index is 631. The normalized spacial score (nSPS) is 9.95. The minimum Gasteiger partial charge on any atom is -0.379 e. The molecular formula is C13H13N5O2. The first-order chi connectivity index (χ1) is 9.70. The maximum Gasteiger partial charge on any atom is 0.292 e. The molecule has 0 unspecified atom stereocenters. The molecule has 102 valence electrons. The number of nitro benzene ring substituents is 1. The quantitative estimate of drug-likeness (QED) is 0.476. The second-order valence-electron chi connectivity index (χ2n) is 4.17. The third kappa shape index (κ3) is 3.32. The van der Waals surface area contributed by atoms with Gasteiger partial charge >= 0.3 is 0 Å². The molecule has 0 amide bonds. The van der Waals surface area contributed by atoms with Crippen molar-refractivity contribution in [3.8, 4) is 6.07 Å². The Morgan fingerprint density at radius 2 is 2.35 bits per heavy atom. The zero-order valence-corrected chi connectivity index (χ0v) is 10.7. The summed E-state index contributed by atoms with van der Waals surface area (Å²) in [6.07, 6.45) is 4.97. The summed E-state index contributed by atoms with van der Waals surface area (Å²) in [5.41, 5.74) is 0.736. The summed E-state index contributed by atoms with van der Waals surface area (Å²) >= 11 is 0. The van der Waals surface area contributed by atoms with Crippen molar-refractivity contribution in [2.24, 2.45) is 0 Å². The van der Waals surface area contributed by atoms with Gasteiger partial charge in [0, 0.05) is 31.4 Å². The zero-order valence-electron chi connectivity index (χ0n) is 10.7. The van der Waals surface area contributed by atoms with E-state index in [-0.39, 0.29) is 5.69 Å². The molecule has 0 saturated carbocycles. The number of benzene rings is 1. The lowest BCUT2D eigenvalue weighted by molar-refractivity contribution is -0.384. The third-order valence-corrected chi connectivity index (χ3v) is 2.78. The number of nitrogens with one attached hydrogen (secondary N) is 2. The Hall–Kier alpha value is -2.88. The molecule has 1 aromatic heterocycles. The van der Waals surface area contributed by atoms with Crippen LogP contribution in [0.5, 0.6) is 0 Å². The monoisotopic (exact) mass is 271 g/mol. The predicted molar refractivity (Wildman–Crippen MR) is 73.2 cm³/mol. The molecule has 0 atom stereocenters. The number of H-pyrrole nitrogens is 1. The molecule has 0 aliphatic carbocycles. The van der Waals surface area contributed by atoms with Gasteiger partial charge in [0.05, 0.1) is 16.6 Å². The highest BCUT2D eigenvalue weighted by molar-refractivity contribution is 5.64. The molecule has 0 aliphatic heterocycles. The van der Waals surface area contributed by atoms with Crippen molar-refractivity contribution in [3.63, 3.8) is 0 Å². The second-order valence-corrected chi connectivity index (χ2v) is 4.17. The van der Waals surface area contributed by atoms with Crippen LogP contribution in [0, 0.1) is 21.4 Å². The van der Waals surface area contributed by atoms with E-state index in [0.29, 0.717) is 17.8 Å². The Morgan fingerprint density at radius 3 is 3.00 bits per heavy atom. The highest BCUT2D eigenvalue weighted by Gasteiger charge is 2.13. The fraction of sp³-hybridized carbons (Fsp3) is 0.231. The van der Waals surface area contributed by atoms with Crippen LogP contribution < -0.4 is 5.32 Å². The number of nitrogens with zero attached hydrogens (tertiary/aromatic N) is 3. The van der Waals surface area contributed by atoms with E-state index in [2.05, 4.69) is 15.3 Å². The van der Waals surface area contributed by atoms with Crippen LogP contribution >= 0.6 is 0 Å². The average molecular weight is 271 g/mol. The molecule has 0 bridgehead atoms. The standard InChI is InChI=1S/C13H13N5O2/c14-9-10-3-4-12(18(19)20)11(8-10)15-5-1-2-13-16-6-7-17-13/h3-4,6-8,15H,1-2,5H2,(H,16,17). The van der Waals surface area contributed by atoms with Gasteiger partial charge in [0.1, 0.15) is 11.5 Å². The van der Waals surface area contributed by atoms with Crippen LogP contribution in [0.25, 0.3) is 0 Å². The van der Waals surface area contributed by atoms with Crippen molar-refractivity contribution in [2.75, 3.05) is 11.9 Å². The Labute approximate surface area is 115 Å². The molecule has 1 aromatic carbocycles. The average Bonchev–Trinajstić information content (AvgIpc) is 2.96. The van der Waals surface area contributed by atoms with Crippen LogP contribution in [0.15, 0.2) is 30.6 Å². The summed E-state index contributed by atoms with van der Waals surface area (Å²) in [7, 11) is 0. The molecule has 1 heterocycles. The second kappa shape index (κ2) is 6.33. The third-order valence-electron chi connectivity index (χ3n) is 2.78. The van der Waals surface area contributed by atoms with Gasteiger partial charge < -0.3 is 10.3 Å². The summed E-state index contributed by atoms with van der Waals surface area (Å²) in [5, 5.41) is 22.7. The highest BCUT2D eigenvalue weighted by atomic mass is 16.6. The maximum atomic E-state index is 10.9. The lowest BCUT2D eigenvalue weighted by atomic mass is 10.2. The number of imidazole rings is 1. The maximum absolute atomic E-state index is 10.9. The number of aromatic nitrogens is 2. The predicted octanol–water partition coefficient (Wildman–Crippen LogP) is 2.23. The Balaban J connectivity index is 1.97. The molecule has 2 aromatic rings. The fourth-order valence-electron chi connectivity index (χ4n) is 1.82. The van der Waals surface area contributed by atoms with Gasteiger partial charge in [-0.15, -0.1) is 0 Å². The van der Waals surface area contributed by atoms with Gasteiger partial charge in [-0.2, -0.15) is 5.26 Å². The van der Waals surface area contributed by atoms with Crippen LogP contribution in [-0.4, -0.2) is 21.4 Å². The minimum atomic E-state index is -0.462. The van der Waals surface area contributed by atoms with E-state index in [1.165, 1.54) is 18.2 Å². The number of rotatable bonds is 6. The molecule has 0 spiro atoms. The first-order valence-corrected chi connectivity index (χ1v) is 6.11. The number of aromatic amines is 1. The molecular weight excluding hydrogens is 258 g/mol. The van der Waals surface area contributed by atoms with Crippen molar-refractivity contribution in [2.45, 2.75) is 12.8 Å². The molecule has 20 heavy (non-hydrogen) atoms. The van der Waals surface area contributed by atoms with Crippen LogP contribution in [0.4, 0.5) is 11.4 Å². The van der Waals surface area contributed by atoms with Gasteiger partial charge in [-0.05, 0) is 18.6 Å². The Kier molecular flexibility index (Phi) is 4.29. The minimum absolute atomic E-state index is 0.0259. The number of aryl methyl sites for hydroxylation is 1. The number of nitro groups is 1. The van der Waals surface area contributed by atoms with Gasteiger partial charge in [0.2, 0.25) is 0 Å². The summed E-state index contributed by atoms with van der Waals surface area (Å²) in [4.78, 5) is 17.5. The van der Waals surface area contributed by atoms with Crippen molar-refractivity contribution in [3.05, 3.63) is 52.1 Å². The molecule has 0 saturated heterocycles. The summed E-state index contributed by atoms with van der Waals surface area (Å²) in [6, 6.07) is 6.24. The first-order valence-electron chi connectivity index (χ1n) is 6.11. The summed E-state index contributed by atoms with van der Waals surface area (Å²) in [5.74, 6) is 0.882. The molecule has 2 rings (SSSR count). The van der Waals surface area contributed by atoms with E-state index in [1.54, 1.807) is 12.4 Å². The Morgan fingerprint density at radius 1 is 1.50 bits per heavy atom. The topological polar surface area (TPSA) is 108 Å². The van der Waals surface area contributed by atoms with E-state index in [0.717, 1.165) is 18.7 Å². The largest absolute Gasteiger partial charge is 0.379 e. The van der Waals surface area contributed by atoms with Gasteiger partial charge in [-0.25, -0.2) is 4.98 Å². The van der Waals surface area contributed by atoms with Crippen molar-refractivity contribution >= 4 is 11.4 Å². The lowest BCUT2D eigenvalue weighted by Gasteiger charge is -2.06. The van der Waals surface area contributed by atoms with Crippen molar-refractivity contribution in [1.82, 2.24) is 9.97 Å². The summed E-state index contributed by atoms with van der Waals surface area (Å²) in [6.45, 7) is 0.566. The summed E-state index contributed by atoms with van der Waals surface area (Å²) < 4.78 is 0. The van der Waals surface area contributed by atoms with Crippen LogP contribution in [0.1, 0.15) is 17.8 Å². The van der Waals surface area contributed by atoms with Gasteiger partial charge in [0.15, 0.2) is 0 Å². The fourth-order valence-corrected chi connectivity index (χ4v) is 1.82. The first kappa shape index (κ1) is 13.5. The molecule has 2 N–H and O–H groups in total. The number of hydrogen-bond acceptors (Lipinski definition) is 5. The van der Waals surface area contributed by atoms with Crippen molar-refractivity contribution in [1.29, 1.82) is 5.26 Å². The molecule has 0 fully saturated rings. The van der Waals surface area contributed by atoms with Crippen LogP contribution in [0.2, 0.25) is 0 Å². The van der Waals surface area contributed by atoms with E-state index in [9.17, 15) is 10.1 Å². The van der Waals surface area contributed by atoms with Gasteiger partial charge in [0.25, 0.3) is 5.69 Å². The molecule has 7 heteroatoms. The molecule has 0 aliphatic rings.